The summed E-state index contributed by atoms with van der Waals surface area (Å²) in [5, 5.41) is 8.93. The third-order valence-electron chi connectivity index (χ3n) is 3.54. The second-order valence-corrected chi connectivity index (χ2v) is 7.54. The molecule has 3 nitrogen and oxygen atoms in total. The third kappa shape index (κ3) is 3.91. The highest BCUT2D eigenvalue weighted by molar-refractivity contribution is 7.14. The first-order valence-corrected chi connectivity index (χ1v) is 9.85. The number of nitrogens with zero attached hydrogens (tertiary/aromatic N) is 3. The molecule has 1 aromatic carbocycles. The van der Waals surface area contributed by atoms with Crippen LogP contribution in [0.15, 0.2) is 57.3 Å². The highest BCUT2D eigenvalue weighted by atomic mass is 32.1. The quantitative estimate of drug-likeness (QED) is 0.575. The minimum atomic E-state index is 0.241. The molecule has 0 spiro atoms. The normalized spacial score (nSPS) is 12.6. The van der Waals surface area contributed by atoms with Crippen LogP contribution in [0.3, 0.4) is 0 Å². The van der Waals surface area contributed by atoms with Gasteiger partial charge in [0.15, 0.2) is 0 Å². The van der Waals surface area contributed by atoms with E-state index >= 15 is 0 Å². The van der Waals surface area contributed by atoms with Crippen LogP contribution in [0.25, 0.3) is 10.6 Å². The molecule has 0 saturated heterocycles. The van der Waals surface area contributed by atoms with Crippen molar-refractivity contribution >= 4 is 28.9 Å². The van der Waals surface area contributed by atoms with Gasteiger partial charge < -0.3 is 0 Å². The number of aromatic nitrogens is 1. The first-order chi connectivity index (χ1) is 11.7. The van der Waals surface area contributed by atoms with E-state index in [9.17, 15) is 0 Å². The number of benzene rings is 1. The van der Waals surface area contributed by atoms with Gasteiger partial charge in [-0.05, 0) is 42.8 Å². The minimum Gasteiger partial charge on any atom is -0.255 e. The van der Waals surface area contributed by atoms with Gasteiger partial charge in [-0.3, -0.25) is 4.99 Å². The van der Waals surface area contributed by atoms with Crippen molar-refractivity contribution in [2.75, 3.05) is 0 Å². The van der Waals surface area contributed by atoms with Gasteiger partial charge in [0.1, 0.15) is 0 Å². The van der Waals surface area contributed by atoms with E-state index in [2.05, 4.69) is 67.9 Å². The average molecular weight is 356 g/mol. The molecule has 0 N–H and O–H groups in total. The van der Waals surface area contributed by atoms with Gasteiger partial charge in [0.25, 0.3) is 0 Å². The fraction of sp³-hybridized carbons (Fsp3) is 0.263. The Hall–Kier alpha value is -1.98. The maximum atomic E-state index is 4.72. The van der Waals surface area contributed by atoms with Crippen LogP contribution < -0.4 is 4.80 Å². The molecule has 0 aliphatic carbocycles. The summed E-state index contributed by atoms with van der Waals surface area (Å²) in [4.78, 5) is 6.83. The topological polar surface area (TPSA) is 29.6 Å². The van der Waals surface area contributed by atoms with Crippen LogP contribution in [-0.2, 0) is 6.42 Å². The molecule has 0 aliphatic rings. The van der Waals surface area contributed by atoms with Crippen molar-refractivity contribution in [1.29, 1.82) is 0 Å². The molecule has 0 radical (unpaired) electrons. The van der Waals surface area contributed by atoms with Gasteiger partial charge in [-0.2, -0.15) is 5.10 Å². The average Bonchev–Trinajstić information content (AvgIpc) is 3.22. The van der Waals surface area contributed by atoms with Gasteiger partial charge in [0.2, 0.25) is 4.80 Å². The Morgan fingerprint density at radius 2 is 1.92 bits per heavy atom. The number of thiophene rings is 1. The Bertz CT molecular complexity index is 866. The minimum absolute atomic E-state index is 0.241. The fourth-order valence-electron chi connectivity index (χ4n) is 2.28. The van der Waals surface area contributed by atoms with Crippen LogP contribution in [0.4, 0.5) is 0 Å². The standard InChI is InChI=1S/C19H21N3S2/c1-4-15-7-9-16(10-8-15)12-20-22-17(18-6-5-11-23-18)13-24-19(22)21-14(2)3/h5-14H,4H2,1-3H3. The van der Waals surface area contributed by atoms with Gasteiger partial charge in [-0.15, -0.1) is 22.7 Å². The molecule has 3 rings (SSSR count). The van der Waals surface area contributed by atoms with Gasteiger partial charge in [-0.1, -0.05) is 37.3 Å². The summed E-state index contributed by atoms with van der Waals surface area (Å²) in [6, 6.07) is 12.9. The van der Waals surface area contributed by atoms with Crippen LogP contribution in [-0.4, -0.2) is 16.9 Å². The molecular formula is C19H21N3S2. The summed E-state index contributed by atoms with van der Waals surface area (Å²) in [6.07, 6.45) is 2.96. The fourth-order valence-corrected chi connectivity index (χ4v) is 4.04. The van der Waals surface area contributed by atoms with E-state index in [0.29, 0.717) is 0 Å². The molecule has 5 heteroatoms. The van der Waals surface area contributed by atoms with Crippen molar-refractivity contribution in [1.82, 2.24) is 4.68 Å². The van der Waals surface area contributed by atoms with E-state index < -0.39 is 0 Å². The van der Waals surface area contributed by atoms with E-state index in [-0.39, 0.29) is 6.04 Å². The number of thiazole rings is 1. The zero-order valence-electron chi connectivity index (χ0n) is 14.1. The van der Waals surface area contributed by atoms with Gasteiger partial charge in [0, 0.05) is 11.4 Å². The zero-order valence-corrected chi connectivity index (χ0v) is 15.8. The van der Waals surface area contributed by atoms with Crippen molar-refractivity contribution in [2.45, 2.75) is 33.2 Å². The van der Waals surface area contributed by atoms with Gasteiger partial charge in [0.05, 0.1) is 16.8 Å². The second-order valence-electron chi connectivity index (χ2n) is 5.76. The molecule has 2 aromatic heterocycles. The zero-order chi connectivity index (χ0) is 16.9. The van der Waals surface area contributed by atoms with E-state index in [0.717, 1.165) is 22.5 Å². The highest BCUT2D eigenvalue weighted by Gasteiger charge is 2.08. The van der Waals surface area contributed by atoms with Crippen LogP contribution >= 0.6 is 22.7 Å². The monoisotopic (exact) mass is 355 g/mol. The molecule has 124 valence electrons. The predicted molar refractivity (Wildman–Crippen MR) is 105 cm³/mol. The smallest absolute Gasteiger partial charge is 0.206 e. The first kappa shape index (κ1) is 16.9. The Balaban J connectivity index is 2.01. The lowest BCUT2D eigenvalue weighted by Crippen LogP contribution is -2.14. The molecule has 3 aromatic rings. The lowest BCUT2D eigenvalue weighted by Gasteiger charge is -2.02. The van der Waals surface area contributed by atoms with Crippen LogP contribution in [0, 0.1) is 0 Å². The number of hydrogen-bond acceptors (Lipinski definition) is 4. The second kappa shape index (κ2) is 7.73. The summed E-state index contributed by atoms with van der Waals surface area (Å²) < 4.78 is 1.95. The number of aryl methyl sites for hydroxylation is 1. The highest BCUT2D eigenvalue weighted by Crippen LogP contribution is 2.25. The van der Waals surface area contributed by atoms with Crippen molar-refractivity contribution in [3.05, 3.63) is 63.1 Å². The number of rotatable bonds is 5. The summed E-state index contributed by atoms with van der Waals surface area (Å²) in [7, 11) is 0. The van der Waals surface area contributed by atoms with E-state index in [1.165, 1.54) is 10.4 Å². The Morgan fingerprint density at radius 3 is 2.54 bits per heavy atom. The molecule has 0 amide bonds. The summed E-state index contributed by atoms with van der Waals surface area (Å²) in [5.74, 6) is 0. The summed E-state index contributed by atoms with van der Waals surface area (Å²) in [6.45, 7) is 6.33. The van der Waals surface area contributed by atoms with Crippen LogP contribution in [0.5, 0.6) is 0 Å². The molecule has 0 saturated carbocycles. The lowest BCUT2D eigenvalue weighted by molar-refractivity contribution is 0.755. The maximum Gasteiger partial charge on any atom is 0.206 e. The van der Waals surface area contributed by atoms with E-state index in [1.807, 2.05) is 10.9 Å². The Morgan fingerprint density at radius 1 is 1.12 bits per heavy atom. The van der Waals surface area contributed by atoms with E-state index in [1.54, 1.807) is 22.7 Å². The van der Waals surface area contributed by atoms with Crippen LogP contribution in [0.1, 0.15) is 31.9 Å². The Labute approximate surface area is 150 Å². The summed E-state index contributed by atoms with van der Waals surface area (Å²) >= 11 is 3.35. The largest absolute Gasteiger partial charge is 0.255 e. The SMILES string of the molecule is CCc1ccc(C=Nn2c(-c3cccs3)csc2=NC(C)C)cc1. The molecule has 24 heavy (non-hydrogen) atoms. The number of hydrogen-bond donors (Lipinski definition) is 0. The Kier molecular flexibility index (Phi) is 5.43. The third-order valence-corrected chi connectivity index (χ3v) is 5.26. The molecule has 0 unspecified atom stereocenters. The summed E-state index contributed by atoms with van der Waals surface area (Å²) in [5.41, 5.74) is 3.53. The molecule has 2 heterocycles. The van der Waals surface area contributed by atoms with Gasteiger partial charge in [-0.25, -0.2) is 4.68 Å². The van der Waals surface area contributed by atoms with Crippen molar-refractivity contribution < 1.29 is 0 Å². The van der Waals surface area contributed by atoms with Crippen molar-refractivity contribution in [3.63, 3.8) is 0 Å². The molecule has 0 fully saturated rings. The maximum absolute atomic E-state index is 4.72. The lowest BCUT2D eigenvalue weighted by atomic mass is 10.1. The van der Waals surface area contributed by atoms with E-state index in [4.69, 9.17) is 10.1 Å². The molecule has 0 atom stereocenters. The van der Waals surface area contributed by atoms with Gasteiger partial charge >= 0.3 is 0 Å². The van der Waals surface area contributed by atoms with Crippen molar-refractivity contribution in [3.8, 4) is 10.6 Å². The first-order valence-electron chi connectivity index (χ1n) is 8.09. The molecule has 0 aliphatic heterocycles. The molecular weight excluding hydrogens is 334 g/mol. The predicted octanol–water partition coefficient (Wildman–Crippen LogP) is 5.03. The molecule has 0 bridgehead atoms. The van der Waals surface area contributed by atoms with Crippen molar-refractivity contribution in [2.24, 2.45) is 10.1 Å². The van der Waals surface area contributed by atoms with Crippen LogP contribution in [0.2, 0.25) is 0 Å².